The standard InChI is InChI=1S/C21H26N2OS/c1-15-3-4-17(11-16(15)2)5-6-21(24)23-13-19(14-23)22-9-7-20-18(12-22)8-10-25-20/h3-4,8,10-11,19H,5-7,9,12-14H2,1-2H3. The molecule has 4 heteroatoms. The Balaban J connectivity index is 1.25. The summed E-state index contributed by atoms with van der Waals surface area (Å²) in [7, 11) is 0. The van der Waals surface area contributed by atoms with Crippen LogP contribution in [0.5, 0.6) is 0 Å². The van der Waals surface area contributed by atoms with Gasteiger partial charge in [0.2, 0.25) is 5.91 Å². The minimum Gasteiger partial charge on any atom is -0.339 e. The number of nitrogens with zero attached hydrogens (tertiary/aromatic N) is 2. The Morgan fingerprint density at radius 2 is 2.04 bits per heavy atom. The molecule has 0 saturated carbocycles. The van der Waals surface area contributed by atoms with Crippen LogP contribution in [0.25, 0.3) is 0 Å². The lowest BCUT2D eigenvalue weighted by atomic mass is 10.00. The molecule has 0 aliphatic carbocycles. The molecule has 0 bridgehead atoms. The Morgan fingerprint density at radius 3 is 2.84 bits per heavy atom. The molecule has 0 radical (unpaired) electrons. The first-order chi connectivity index (χ1) is 12.1. The summed E-state index contributed by atoms with van der Waals surface area (Å²) in [6.07, 6.45) is 2.65. The maximum absolute atomic E-state index is 12.4. The number of carbonyl (C=O) groups excluding carboxylic acids is 1. The van der Waals surface area contributed by atoms with Crippen LogP contribution in [0, 0.1) is 13.8 Å². The molecule has 1 fully saturated rings. The summed E-state index contributed by atoms with van der Waals surface area (Å²) in [6, 6.07) is 9.34. The van der Waals surface area contributed by atoms with Gasteiger partial charge in [-0.25, -0.2) is 0 Å². The van der Waals surface area contributed by atoms with Crippen molar-refractivity contribution in [1.29, 1.82) is 0 Å². The van der Waals surface area contributed by atoms with Crippen LogP contribution in [0.15, 0.2) is 29.6 Å². The van der Waals surface area contributed by atoms with Gasteiger partial charge in [0, 0.05) is 43.5 Å². The van der Waals surface area contributed by atoms with Gasteiger partial charge < -0.3 is 4.90 Å². The van der Waals surface area contributed by atoms with Crippen LogP contribution in [-0.2, 0) is 24.2 Å². The molecule has 0 unspecified atom stereocenters. The Morgan fingerprint density at radius 1 is 1.20 bits per heavy atom. The number of hydrogen-bond donors (Lipinski definition) is 0. The summed E-state index contributed by atoms with van der Waals surface area (Å²) in [6.45, 7) is 8.29. The van der Waals surface area contributed by atoms with Crippen LogP contribution >= 0.6 is 11.3 Å². The smallest absolute Gasteiger partial charge is 0.223 e. The lowest BCUT2D eigenvalue weighted by Gasteiger charge is -2.46. The van der Waals surface area contributed by atoms with Gasteiger partial charge in [-0.15, -0.1) is 11.3 Å². The van der Waals surface area contributed by atoms with Crippen molar-refractivity contribution < 1.29 is 4.79 Å². The van der Waals surface area contributed by atoms with E-state index in [0.29, 0.717) is 18.4 Å². The van der Waals surface area contributed by atoms with Gasteiger partial charge in [-0.2, -0.15) is 0 Å². The molecule has 25 heavy (non-hydrogen) atoms. The fourth-order valence-electron chi connectivity index (χ4n) is 3.84. The molecule has 1 aromatic carbocycles. The van der Waals surface area contributed by atoms with E-state index in [2.05, 4.69) is 48.4 Å². The maximum atomic E-state index is 12.4. The summed E-state index contributed by atoms with van der Waals surface area (Å²) < 4.78 is 0. The van der Waals surface area contributed by atoms with E-state index in [-0.39, 0.29) is 0 Å². The molecule has 0 N–H and O–H groups in total. The second kappa shape index (κ2) is 6.93. The Labute approximate surface area is 154 Å². The van der Waals surface area contributed by atoms with Crippen LogP contribution in [0.2, 0.25) is 0 Å². The number of carbonyl (C=O) groups is 1. The van der Waals surface area contributed by atoms with E-state index < -0.39 is 0 Å². The Hall–Kier alpha value is -1.65. The average Bonchev–Trinajstić information content (AvgIpc) is 3.02. The molecular weight excluding hydrogens is 328 g/mol. The van der Waals surface area contributed by atoms with Crippen molar-refractivity contribution in [2.24, 2.45) is 0 Å². The third kappa shape index (κ3) is 3.51. The van der Waals surface area contributed by atoms with Crippen LogP contribution in [0.1, 0.15) is 33.6 Å². The van der Waals surface area contributed by atoms with E-state index in [0.717, 1.165) is 32.6 Å². The van der Waals surface area contributed by atoms with E-state index in [9.17, 15) is 4.79 Å². The third-order valence-electron chi connectivity index (χ3n) is 5.77. The minimum atomic E-state index is 0.308. The molecule has 1 aromatic heterocycles. The Kier molecular flexibility index (Phi) is 4.65. The van der Waals surface area contributed by atoms with E-state index >= 15 is 0 Å². The molecule has 1 saturated heterocycles. The summed E-state index contributed by atoms with van der Waals surface area (Å²) in [5, 5.41) is 2.21. The number of hydrogen-bond acceptors (Lipinski definition) is 3. The number of benzene rings is 1. The highest BCUT2D eigenvalue weighted by Gasteiger charge is 2.35. The molecule has 132 valence electrons. The first kappa shape index (κ1) is 16.8. The number of thiophene rings is 1. The predicted molar refractivity (Wildman–Crippen MR) is 103 cm³/mol. The second-order valence-corrected chi connectivity index (χ2v) is 8.46. The van der Waals surface area contributed by atoms with Crippen molar-refractivity contribution in [3.8, 4) is 0 Å². The van der Waals surface area contributed by atoms with Gasteiger partial charge in [-0.3, -0.25) is 9.69 Å². The predicted octanol–water partition coefficient (Wildman–Crippen LogP) is 3.57. The average molecular weight is 355 g/mol. The summed E-state index contributed by atoms with van der Waals surface area (Å²) in [5.74, 6) is 0.308. The number of aryl methyl sites for hydroxylation is 3. The van der Waals surface area contributed by atoms with Crippen molar-refractivity contribution in [3.63, 3.8) is 0 Å². The monoisotopic (exact) mass is 354 g/mol. The topological polar surface area (TPSA) is 23.6 Å². The van der Waals surface area contributed by atoms with E-state index in [1.807, 2.05) is 16.2 Å². The summed E-state index contributed by atoms with van der Waals surface area (Å²) in [4.78, 5) is 18.6. The SMILES string of the molecule is Cc1ccc(CCC(=O)N2CC(N3CCc4sccc4C3)C2)cc1C. The minimum absolute atomic E-state index is 0.308. The number of likely N-dealkylation sites (tertiary alicyclic amines) is 1. The lowest BCUT2D eigenvalue weighted by molar-refractivity contribution is -0.138. The van der Waals surface area contributed by atoms with Gasteiger partial charge in [-0.05, 0) is 60.4 Å². The molecule has 1 amide bonds. The van der Waals surface area contributed by atoms with Crippen molar-refractivity contribution in [1.82, 2.24) is 9.80 Å². The molecule has 2 aliphatic rings. The highest BCUT2D eigenvalue weighted by molar-refractivity contribution is 7.10. The lowest BCUT2D eigenvalue weighted by Crippen LogP contribution is -2.61. The number of amides is 1. The molecule has 3 nitrogen and oxygen atoms in total. The Bertz CT molecular complexity index is 776. The van der Waals surface area contributed by atoms with Gasteiger partial charge in [0.15, 0.2) is 0 Å². The first-order valence-corrected chi connectivity index (χ1v) is 10.1. The molecule has 0 atom stereocenters. The zero-order valence-corrected chi connectivity index (χ0v) is 15.9. The maximum Gasteiger partial charge on any atom is 0.223 e. The number of rotatable bonds is 4. The van der Waals surface area contributed by atoms with Crippen molar-refractivity contribution in [2.75, 3.05) is 19.6 Å². The van der Waals surface area contributed by atoms with Gasteiger partial charge in [0.25, 0.3) is 0 Å². The van der Waals surface area contributed by atoms with Crippen molar-refractivity contribution in [2.45, 2.75) is 45.7 Å². The molecular formula is C21H26N2OS. The van der Waals surface area contributed by atoms with Gasteiger partial charge in [0.05, 0.1) is 0 Å². The molecule has 0 spiro atoms. The first-order valence-electron chi connectivity index (χ1n) is 9.23. The van der Waals surface area contributed by atoms with Gasteiger partial charge in [0.1, 0.15) is 0 Å². The summed E-state index contributed by atoms with van der Waals surface area (Å²) >= 11 is 1.89. The van der Waals surface area contributed by atoms with Crippen LogP contribution in [0.3, 0.4) is 0 Å². The van der Waals surface area contributed by atoms with Crippen molar-refractivity contribution in [3.05, 3.63) is 56.8 Å². The normalized spacial score (nSPS) is 18.1. The third-order valence-corrected chi connectivity index (χ3v) is 6.79. The summed E-state index contributed by atoms with van der Waals surface area (Å²) in [5.41, 5.74) is 5.40. The highest BCUT2D eigenvalue weighted by atomic mass is 32.1. The quantitative estimate of drug-likeness (QED) is 0.838. The highest BCUT2D eigenvalue weighted by Crippen LogP contribution is 2.28. The van der Waals surface area contributed by atoms with Gasteiger partial charge in [-0.1, -0.05) is 18.2 Å². The van der Waals surface area contributed by atoms with Crippen LogP contribution in [-0.4, -0.2) is 41.4 Å². The second-order valence-electron chi connectivity index (χ2n) is 7.46. The van der Waals surface area contributed by atoms with E-state index in [1.165, 1.54) is 28.7 Å². The van der Waals surface area contributed by atoms with E-state index in [4.69, 9.17) is 0 Å². The fourth-order valence-corrected chi connectivity index (χ4v) is 4.73. The molecule has 2 aromatic rings. The zero-order valence-electron chi connectivity index (χ0n) is 15.1. The van der Waals surface area contributed by atoms with Crippen LogP contribution in [0.4, 0.5) is 0 Å². The van der Waals surface area contributed by atoms with E-state index in [1.54, 1.807) is 4.88 Å². The largest absolute Gasteiger partial charge is 0.339 e. The number of fused-ring (bicyclic) bond motifs is 1. The fraction of sp³-hybridized carbons (Fsp3) is 0.476. The molecule has 4 rings (SSSR count). The van der Waals surface area contributed by atoms with Gasteiger partial charge >= 0.3 is 0 Å². The molecule has 3 heterocycles. The van der Waals surface area contributed by atoms with Crippen LogP contribution < -0.4 is 0 Å². The van der Waals surface area contributed by atoms with Crippen molar-refractivity contribution >= 4 is 17.2 Å². The molecule has 2 aliphatic heterocycles. The zero-order chi connectivity index (χ0) is 17.4.